The molecule has 1 aromatic heterocycles. The predicted octanol–water partition coefficient (Wildman–Crippen LogP) is 2.41. The molecule has 0 radical (unpaired) electrons. The molecule has 1 fully saturated rings. The second kappa shape index (κ2) is 10.4. The number of rotatable bonds is 8. The molecule has 2 amide bonds. The summed E-state index contributed by atoms with van der Waals surface area (Å²) in [6, 6.07) is 15.2. The summed E-state index contributed by atoms with van der Waals surface area (Å²) in [7, 11) is 1.65. The van der Waals surface area contributed by atoms with Crippen molar-refractivity contribution in [2.45, 2.75) is 6.42 Å². The first kappa shape index (κ1) is 22.0. The van der Waals surface area contributed by atoms with Crippen molar-refractivity contribution in [2.24, 2.45) is 0 Å². The molecular weight excluding hydrogens is 408 g/mol. The molecule has 0 saturated carbocycles. The van der Waals surface area contributed by atoms with Crippen LogP contribution in [0.3, 0.4) is 0 Å². The normalized spacial score (nSPS) is 14.6. The van der Waals surface area contributed by atoms with E-state index in [2.05, 4.69) is 15.4 Å². The van der Waals surface area contributed by atoms with Gasteiger partial charge in [0.25, 0.3) is 5.91 Å². The van der Waals surface area contributed by atoms with Crippen LogP contribution in [0.4, 0.5) is 0 Å². The van der Waals surface area contributed by atoms with Gasteiger partial charge >= 0.3 is 0 Å². The van der Waals surface area contributed by atoms with Gasteiger partial charge in [0.15, 0.2) is 5.76 Å². The summed E-state index contributed by atoms with van der Waals surface area (Å²) in [6.07, 6.45) is 0.799. The fraction of sp³-hybridized carbons (Fsp3) is 0.375. The van der Waals surface area contributed by atoms with Gasteiger partial charge in [0.1, 0.15) is 5.52 Å². The van der Waals surface area contributed by atoms with Gasteiger partial charge in [-0.05, 0) is 24.6 Å². The van der Waals surface area contributed by atoms with E-state index in [1.54, 1.807) is 13.2 Å². The number of hydrogen-bond acceptors (Lipinski definition) is 6. The highest BCUT2D eigenvalue weighted by Crippen LogP contribution is 2.29. The standard InChI is InChI=1S/C24H28N4O4/c1-31-15-5-10-25-22(29)17-27-11-13-28(14-12-27)24(30)19-8-9-21-20(16-19)23(32-26-21)18-6-3-2-4-7-18/h2-4,6-9,16H,5,10-15,17H2,1H3,(H,25,29). The van der Waals surface area contributed by atoms with Gasteiger partial charge in [0.2, 0.25) is 5.91 Å². The number of methoxy groups -OCH3 is 1. The van der Waals surface area contributed by atoms with E-state index < -0.39 is 0 Å². The number of ether oxygens (including phenoxy) is 1. The highest BCUT2D eigenvalue weighted by atomic mass is 16.5. The number of aromatic nitrogens is 1. The summed E-state index contributed by atoms with van der Waals surface area (Å²) >= 11 is 0. The quantitative estimate of drug-likeness (QED) is 0.546. The Morgan fingerprint density at radius 2 is 1.88 bits per heavy atom. The van der Waals surface area contributed by atoms with Crippen LogP contribution < -0.4 is 5.32 Å². The molecule has 0 bridgehead atoms. The van der Waals surface area contributed by atoms with Gasteiger partial charge in [0, 0.05) is 57.6 Å². The summed E-state index contributed by atoms with van der Waals surface area (Å²) in [6.45, 7) is 4.11. The minimum Gasteiger partial charge on any atom is -0.385 e. The molecule has 8 heteroatoms. The summed E-state index contributed by atoms with van der Waals surface area (Å²) < 4.78 is 10.5. The Kier molecular flexibility index (Phi) is 7.14. The van der Waals surface area contributed by atoms with E-state index in [0.717, 1.165) is 22.9 Å². The summed E-state index contributed by atoms with van der Waals surface area (Å²) in [5, 5.41) is 7.85. The van der Waals surface area contributed by atoms with E-state index >= 15 is 0 Å². The predicted molar refractivity (Wildman–Crippen MR) is 121 cm³/mol. The van der Waals surface area contributed by atoms with Crippen LogP contribution in [0, 0.1) is 0 Å². The number of carbonyl (C=O) groups excluding carboxylic acids is 2. The molecule has 2 aromatic carbocycles. The van der Waals surface area contributed by atoms with Crippen molar-refractivity contribution in [3.63, 3.8) is 0 Å². The van der Waals surface area contributed by atoms with Crippen LogP contribution in [0.25, 0.3) is 22.2 Å². The van der Waals surface area contributed by atoms with E-state index in [1.165, 1.54) is 0 Å². The third-order valence-electron chi connectivity index (χ3n) is 5.63. The number of piperazine rings is 1. The maximum Gasteiger partial charge on any atom is 0.253 e. The summed E-state index contributed by atoms with van der Waals surface area (Å²) in [5.41, 5.74) is 2.26. The minimum absolute atomic E-state index is 0.00669. The number of nitrogens with one attached hydrogen (secondary N) is 1. The lowest BCUT2D eigenvalue weighted by Crippen LogP contribution is -2.51. The lowest BCUT2D eigenvalue weighted by Gasteiger charge is -2.34. The Hall–Kier alpha value is -3.23. The summed E-state index contributed by atoms with van der Waals surface area (Å²) in [5.74, 6) is 0.652. The topological polar surface area (TPSA) is 87.9 Å². The highest BCUT2D eigenvalue weighted by Gasteiger charge is 2.24. The zero-order valence-electron chi connectivity index (χ0n) is 18.3. The molecule has 0 atom stereocenters. The molecule has 168 valence electrons. The lowest BCUT2D eigenvalue weighted by atomic mass is 10.1. The SMILES string of the molecule is COCCCNC(=O)CN1CCN(C(=O)c2ccc3noc(-c4ccccc4)c3c2)CC1. The van der Waals surface area contributed by atoms with Gasteiger partial charge in [-0.1, -0.05) is 35.5 Å². The lowest BCUT2D eigenvalue weighted by molar-refractivity contribution is -0.122. The van der Waals surface area contributed by atoms with Crippen LogP contribution in [0.15, 0.2) is 53.1 Å². The largest absolute Gasteiger partial charge is 0.385 e. The van der Waals surface area contributed by atoms with Gasteiger partial charge < -0.3 is 19.5 Å². The Bertz CT molecular complexity index is 1060. The molecule has 0 spiro atoms. The zero-order valence-corrected chi connectivity index (χ0v) is 18.3. The van der Waals surface area contributed by atoms with Crippen LogP contribution in [-0.2, 0) is 9.53 Å². The molecule has 8 nitrogen and oxygen atoms in total. The van der Waals surface area contributed by atoms with Crippen molar-refractivity contribution in [3.05, 3.63) is 54.1 Å². The van der Waals surface area contributed by atoms with Gasteiger partial charge in [0.05, 0.1) is 11.9 Å². The molecule has 0 aliphatic carbocycles. The van der Waals surface area contributed by atoms with Crippen LogP contribution in [0.2, 0.25) is 0 Å². The fourth-order valence-corrected chi connectivity index (χ4v) is 3.87. The molecule has 1 aliphatic heterocycles. The van der Waals surface area contributed by atoms with Gasteiger partial charge in [-0.15, -0.1) is 0 Å². The van der Waals surface area contributed by atoms with Crippen LogP contribution >= 0.6 is 0 Å². The van der Waals surface area contributed by atoms with Crippen molar-refractivity contribution in [2.75, 3.05) is 53.0 Å². The first-order chi connectivity index (χ1) is 15.7. The highest BCUT2D eigenvalue weighted by molar-refractivity contribution is 6.01. The molecular formula is C24H28N4O4. The molecule has 1 N–H and O–H groups in total. The van der Waals surface area contributed by atoms with Crippen molar-refractivity contribution >= 4 is 22.7 Å². The van der Waals surface area contributed by atoms with Crippen molar-refractivity contribution < 1.29 is 18.8 Å². The van der Waals surface area contributed by atoms with E-state index in [9.17, 15) is 9.59 Å². The van der Waals surface area contributed by atoms with Crippen LogP contribution in [-0.4, -0.2) is 79.8 Å². The Morgan fingerprint density at radius 1 is 1.09 bits per heavy atom. The molecule has 1 aliphatic rings. The first-order valence-electron chi connectivity index (χ1n) is 10.9. The third-order valence-corrected chi connectivity index (χ3v) is 5.63. The summed E-state index contributed by atoms with van der Waals surface area (Å²) in [4.78, 5) is 29.1. The second-order valence-electron chi connectivity index (χ2n) is 7.87. The van der Waals surface area contributed by atoms with E-state index in [-0.39, 0.29) is 11.8 Å². The van der Waals surface area contributed by atoms with Gasteiger partial charge in [-0.3, -0.25) is 14.5 Å². The fourth-order valence-electron chi connectivity index (χ4n) is 3.87. The number of hydrogen-bond donors (Lipinski definition) is 1. The Balaban J connectivity index is 1.36. The Morgan fingerprint density at radius 3 is 2.62 bits per heavy atom. The van der Waals surface area contributed by atoms with Crippen molar-refractivity contribution in [1.82, 2.24) is 20.3 Å². The monoisotopic (exact) mass is 436 g/mol. The number of fused-ring (bicyclic) bond motifs is 1. The zero-order chi connectivity index (χ0) is 22.3. The third kappa shape index (κ3) is 5.15. The number of benzene rings is 2. The molecule has 1 saturated heterocycles. The van der Waals surface area contributed by atoms with Crippen LogP contribution in [0.1, 0.15) is 16.8 Å². The van der Waals surface area contributed by atoms with E-state index in [1.807, 2.05) is 47.4 Å². The maximum absolute atomic E-state index is 13.1. The van der Waals surface area contributed by atoms with E-state index in [4.69, 9.17) is 9.26 Å². The van der Waals surface area contributed by atoms with Gasteiger partial charge in [-0.25, -0.2) is 0 Å². The second-order valence-corrected chi connectivity index (χ2v) is 7.87. The number of carbonyl (C=O) groups is 2. The van der Waals surface area contributed by atoms with Crippen molar-refractivity contribution in [3.8, 4) is 11.3 Å². The van der Waals surface area contributed by atoms with Crippen LogP contribution in [0.5, 0.6) is 0 Å². The van der Waals surface area contributed by atoms with Crippen molar-refractivity contribution in [1.29, 1.82) is 0 Å². The molecule has 4 rings (SSSR count). The smallest absolute Gasteiger partial charge is 0.253 e. The first-order valence-corrected chi connectivity index (χ1v) is 10.9. The molecule has 32 heavy (non-hydrogen) atoms. The molecule has 0 unspecified atom stereocenters. The number of nitrogens with zero attached hydrogens (tertiary/aromatic N) is 3. The number of amides is 2. The average molecular weight is 437 g/mol. The maximum atomic E-state index is 13.1. The minimum atomic E-state index is -0.0178. The molecule has 3 aromatic rings. The molecule has 2 heterocycles. The Labute approximate surface area is 187 Å². The van der Waals surface area contributed by atoms with Gasteiger partial charge in [-0.2, -0.15) is 0 Å². The average Bonchev–Trinajstić information content (AvgIpc) is 3.26. The van der Waals surface area contributed by atoms with E-state index in [0.29, 0.717) is 57.2 Å².